The molecule has 2 aromatic carbocycles. The lowest BCUT2D eigenvalue weighted by atomic mass is 9.94. The minimum atomic E-state index is -0.800. The van der Waals surface area contributed by atoms with Crippen LogP contribution in [0.2, 0.25) is 5.02 Å². The van der Waals surface area contributed by atoms with Crippen LogP contribution >= 0.6 is 41.7 Å². The van der Waals surface area contributed by atoms with Crippen molar-refractivity contribution in [3.8, 4) is 22.3 Å². The second-order valence-electron chi connectivity index (χ2n) is 4.52. The summed E-state index contributed by atoms with van der Waals surface area (Å²) in [7, 11) is 2.40. The molecule has 0 saturated heterocycles. The van der Waals surface area contributed by atoms with Gasteiger partial charge >= 0.3 is 5.97 Å². The number of carbonyl (C=O) groups excluding carboxylic acids is 1. The molecule has 2 aromatic rings. The lowest BCUT2D eigenvalue weighted by Crippen LogP contribution is -2.08. The van der Waals surface area contributed by atoms with Crippen LogP contribution in [0.3, 0.4) is 0 Å². The molecular weight excluding hydrogens is 471 g/mol. The van der Waals surface area contributed by atoms with E-state index in [0.29, 0.717) is 0 Å². The fourth-order valence-corrected chi connectivity index (χ4v) is 2.88. The van der Waals surface area contributed by atoms with Gasteiger partial charge in [0.25, 0.3) is 0 Å². The van der Waals surface area contributed by atoms with E-state index in [4.69, 9.17) is 22.1 Å². The molecule has 2 N–H and O–H groups in total. The Morgan fingerprint density at radius 1 is 1.29 bits per heavy atom. The van der Waals surface area contributed by atoms with E-state index < -0.39 is 17.6 Å². The van der Waals surface area contributed by atoms with E-state index in [1.165, 1.54) is 22.1 Å². The van der Waals surface area contributed by atoms with Crippen molar-refractivity contribution in [1.82, 2.24) is 0 Å². The summed E-state index contributed by atoms with van der Waals surface area (Å²) in [6, 6.07) is 4.18. The van der Waals surface area contributed by atoms with Crippen LogP contribution < -0.4 is 5.73 Å². The fraction of sp³-hybridized carbons (Fsp3) is 0.0625. The Balaban J connectivity index is 2.86. The molecule has 0 unspecified atom stereocenters. The molecule has 2 rings (SSSR count). The van der Waals surface area contributed by atoms with Gasteiger partial charge in [0.1, 0.15) is 11.6 Å². The van der Waals surface area contributed by atoms with Crippen molar-refractivity contribution >= 4 is 53.4 Å². The number of carbonyl (C=O) groups is 1. The molecule has 0 amide bonds. The predicted molar refractivity (Wildman–Crippen MR) is 101 cm³/mol. The van der Waals surface area contributed by atoms with Gasteiger partial charge in [0.2, 0.25) is 0 Å². The number of methoxy groups -OCH3 is 1. The zero-order valence-electron chi connectivity index (χ0n) is 12.1. The van der Waals surface area contributed by atoms with Crippen molar-refractivity contribution in [3.05, 3.63) is 52.0 Å². The Morgan fingerprint density at radius 3 is 2.46 bits per heavy atom. The van der Waals surface area contributed by atoms with Crippen LogP contribution in [-0.4, -0.2) is 13.1 Å². The maximum Gasteiger partial charge on any atom is 0.338 e. The molecule has 0 bridgehead atoms. The van der Waals surface area contributed by atoms with Gasteiger partial charge in [-0.3, -0.25) is 0 Å². The van der Waals surface area contributed by atoms with Crippen LogP contribution in [0.25, 0.3) is 11.1 Å². The van der Waals surface area contributed by atoms with Gasteiger partial charge in [-0.05, 0) is 37.9 Å². The van der Waals surface area contributed by atoms with Gasteiger partial charge in [-0.1, -0.05) is 17.5 Å². The van der Waals surface area contributed by atoms with Crippen molar-refractivity contribution in [2.75, 3.05) is 12.8 Å². The molecule has 0 aromatic heterocycles. The van der Waals surface area contributed by atoms with Gasteiger partial charge < -0.3 is 10.5 Å². The highest BCUT2D eigenvalue weighted by molar-refractivity contribution is 14.2. The number of halogens is 4. The lowest BCUT2D eigenvalue weighted by Gasteiger charge is -2.15. The normalized spacial score (nSPS) is 10.0. The first-order valence-corrected chi connectivity index (χ1v) is 10.1. The summed E-state index contributed by atoms with van der Waals surface area (Å²) in [5.41, 5.74) is 6.62. The highest BCUT2D eigenvalue weighted by atomic mass is 127. The summed E-state index contributed by atoms with van der Waals surface area (Å²) >= 11 is 8.12. The van der Waals surface area contributed by atoms with E-state index >= 15 is 0 Å². The average molecular weight is 480 g/mol. The summed E-state index contributed by atoms with van der Waals surface area (Å²) in [4.78, 5) is 12.0. The van der Waals surface area contributed by atoms with Crippen molar-refractivity contribution in [3.63, 3.8) is 0 Å². The summed E-state index contributed by atoms with van der Waals surface area (Å²) in [5, 5.41) is 2.88. The average Bonchev–Trinajstić information content (AvgIpc) is 2.52. The third-order valence-electron chi connectivity index (χ3n) is 3.09. The zero-order chi connectivity index (χ0) is 17.9. The summed E-state index contributed by atoms with van der Waals surface area (Å²) in [6.07, 6.45) is 0. The first kappa shape index (κ1) is 18.8. The molecule has 0 fully saturated rings. The minimum Gasteiger partial charge on any atom is -0.465 e. The van der Waals surface area contributed by atoms with Crippen LogP contribution in [0.15, 0.2) is 24.3 Å². The molecule has 0 aliphatic rings. The number of rotatable bonds is 2. The Bertz CT molecular complexity index is 860. The number of nitrogens with two attached hydrogens (primary N) is 1. The molecule has 0 saturated carbocycles. The predicted octanol–water partition coefficient (Wildman–Crippen LogP) is 5.05. The molecule has 3 nitrogen and oxygen atoms in total. The highest BCUT2D eigenvalue weighted by Crippen LogP contribution is 2.37. The monoisotopic (exact) mass is 479 g/mol. The van der Waals surface area contributed by atoms with Crippen LogP contribution in [0.1, 0.15) is 15.9 Å². The van der Waals surface area contributed by atoms with Gasteiger partial charge in [0, 0.05) is 32.8 Å². The van der Waals surface area contributed by atoms with Gasteiger partial charge in [0.05, 0.1) is 28.9 Å². The standard InChI is InChI=1S/C16H9ClF2INO2S/c1-23-16(22)12-7-13(17)11(2-3-24-20)15(21)14(12)8-4-9(18)6-10(19)5-8/h4-7H,21H2,1H3. The summed E-state index contributed by atoms with van der Waals surface area (Å²) < 4.78 is 31.9. The maximum absolute atomic E-state index is 13.6. The molecular formula is C16H9ClF2INO2S. The Hall–Kier alpha value is -1.50. The number of nitrogen functional groups attached to an aromatic ring is 1. The van der Waals surface area contributed by atoms with Gasteiger partial charge in [-0.25, -0.2) is 13.6 Å². The molecule has 124 valence electrons. The van der Waals surface area contributed by atoms with Crippen LogP contribution in [0, 0.1) is 22.8 Å². The summed E-state index contributed by atoms with van der Waals surface area (Å²) in [6.45, 7) is 0. The summed E-state index contributed by atoms with van der Waals surface area (Å²) in [5.74, 6) is 0.432. The zero-order valence-corrected chi connectivity index (χ0v) is 15.9. The van der Waals surface area contributed by atoms with Crippen LogP contribution in [0.4, 0.5) is 14.5 Å². The van der Waals surface area contributed by atoms with Gasteiger partial charge in [-0.15, -0.1) is 0 Å². The topological polar surface area (TPSA) is 52.3 Å². The van der Waals surface area contributed by atoms with Crippen LogP contribution in [-0.2, 0) is 4.74 Å². The number of hydrogen-bond acceptors (Lipinski definition) is 4. The molecule has 0 aliphatic heterocycles. The van der Waals surface area contributed by atoms with E-state index in [1.807, 2.05) is 21.2 Å². The van der Waals surface area contributed by atoms with Crippen molar-refractivity contribution < 1.29 is 18.3 Å². The van der Waals surface area contributed by atoms with Gasteiger partial charge in [-0.2, -0.15) is 0 Å². The Labute approximate surface area is 158 Å². The molecule has 0 spiro atoms. The first-order chi connectivity index (χ1) is 11.4. The van der Waals surface area contributed by atoms with Crippen molar-refractivity contribution in [1.29, 1.82) is 0 Å². The SMILES string of the molecule is COC(=O)c1cc(Cl)c(C#CSI)c(N)c1-c1cc(F)cc(F)c1. The number of anilines is 1. The second kappa shape index (κ2) is 8.05. The Morgan fingerprint density at radius 2 is 1.92 bits per heavy atom. The van der Waals surface area contributed by atoms with E-state index in [2.05, 4.69) is 11.2 Å². The number of esters is 1. The highest BCUT2D eigenvalue weighted by Gasteiger charge is 2.22. The molecule has 0 heterocycles. The van der Waals surface area contributed by atoms with Crippen molar-refractivity contribution in [2.24, 2.45) is 0 Å². The second-order valence-corrected chi connectivity index (χ2v) is 6.61. The van der Waals surface area contributed by atoms with Crippen molar-refractivity contribution in [2.45, 2.75) is 0 Å². The molecule has 0 aliphatic carbocycles. The Kier molecular flexibility index (Phi) is 6.32. The fourth-order valence-electron chi connectivity index (χ4n) is 2.15. The molecule has 8 heteroatoms. The van der Waals surface area contributed by atoms with E-state index in [-0.39, 0.29) is 33.0 Å². The largest absolute Gasteiger partial charge is 0.465 e. The van der Waals surface area contributed by atoms with E-state index in [9.17, 15) is 13.6 Å². The maximum atomic E-state index is 13.6. The number of hydrogen-bond donors (Lipinski definition) is 1. The van der Waals surface area contributed by atoms with Gasteiger partial charge in [0.15, 0.2) is 0 Å². The smallest absolute Gasteiger partial charge is 0.338 e. The third kappa shape index (κ3) is 3.94. The minimum absolute atomic E-state index is 0.00215. The molecule has 0 atom stereocenters. The van der Waals surface area contributed by atoms with E-state index in [0.717, 1.165) is 18.2 Å². The third-order valence-corrected chi connectivity index (χ3v) is 4.23. The quantitative estimate of drug-likeness (QED) is 0.284. The molecule has 0 radical (unpaired) electrons. The lowest BCUT2D eigenvalue weighted by molar-refractivity contribution is 0.0601. The molecule has 24 heavy (non-hydrogen) atoms. The number of benzene rings is 2. The van der Waals surface area contributed by atoms with E-state index in [1.54, 1.807) is 0 Å². The van der Waals surface area contributed by atoms with Crippen LogP contribution in [0.5, 0.6) is 0 Å². The number of ether oxygens (including phenoxy) is 1. The first-order valence-electron chi connectivity index (χ1n) is 6.34.